The molecule has 5 atom stereocenters. The van der Waals surface area contributed by atoms with Crippen LogP contribution in [0.1, 0.15) is 38.1 Å². The van der Waals surface area contributed by atoms with Crippen molar-refractivity contribution in [1.82, 2.24) is 16.2 Å². The zero-order valence-electron chi connectivity index (χ0n) is 20.3. The fourth-order valence-corrected chi connectivity index (χ4v) is 3.52. The van der Waals surface area contributed by atoms with E-state index in [-0.39, 0.29) is 16.4 Å². The predicted molar refractivity (Wildman–Crippen MR) is 126 cm³/mol. The number of hydrogen-bond donors (Lipinski definition) is 4. The Labute approximate surface area is 216 Å². The van der Waals surface area contributed by atoms with Crippen LogP contribution in [-0.2, 0) is 42.9 Å². The molecule has 202 valence electrons. The summed E-state index contributed by atoms with van der Waals surface area (Å²) in [4.78, 5) is 59.2. The highest BCUT2D eigenvalue weighted by Crippen LogP contribution is 2.28. The molecule has 0 spiro atoms. The minimum Gasteiger partial charge on any atom is -0.507 e. The molecule has 1 heterocycles. The molecule has 1 aromatic rings. The molecule has 0 radical (unpaired) electrons. The Morgan fingerprint density at radius 2 is 1.43 bits per heavy atom. The lowest BCUT2D eigenvalue weighted by atomic mass is 9.97. The maximum atomic E-state index is 12.3. The van der Waals surface area contributed by atoms with Gasteiger partial charge in [0.25, 0.3) is 5.91 Å². The number of thiocarbonyl (C=S) groups is 1. The second-order valence-electron chi connectivity index (χ2n) is 7.69. The van der Waals surface area contributed by atoms with Crippen molar-refractivity contribution in [2.75, 3.05) is 6.61 Å². The quantitative estimate of drug-likeness (QED) is 0.151. The van der Waals surface area contributed by atoms with Gasteiger partial charge in [0.05, 0.1) is 5.56 Å². The van der Waals surface area contributed by atoms with E-state index < -0.39 is 67.0 Å². The molecular formula is C22H27N3O11S. The van der Waals surface area contributed by atoms with Crippen molar-refractivity contribution in [3.63, 3.8) is 0 Å². The van der Waals surface area contributed by atoms with Crippen LogP contribution in [0, 0.1) is 0 Å². The lowest BCUT2D eigenvalue weighted by Crippen LogP contribution is -2.67. The van der Waals surface area contributed by atoms with Gasteiger partial charge in [-0.2, -0.15) is 0 Å². The van der Waals surface area contributed by atoms with Gasteiger partial charge in [-0.15, -0.1) is 0 Å². The Bertz CT molecular complexity index is 1050. The van der Waals surface area contributed by atoms with E-state index in [2.05, 4.69) is 16.2 Å². The summed E-state index contributed by atoms with van der Waals surface area (Å²) in [6.07, 6.45) is -6.63. The monoisotopic (exact) mass is 541 g/mol. The fraction of sp³-hybridized carbons (Fsp3) is 0.455. The van der Waals surface area contributed by atoms with Crippen LogP contribution in [0.15, 0.2) is 24.3 Å². The lowest BCUT2D eigenvalue weighted by Gasteiger charge is -2.44. The number of carbonyl (C=O) groups is 5. The number of carbonyl (C=O) groups excluding carboxylic acids is 5. The molecule has 1 aliphatic rings. The van der Waals surface area contributed by atoms with E-state index in [4.69, 9.17) is 35.9 Å². The molecule has 0 bridgehead atoms. The number of hydrogen-bond acceptors (Lipinski definition) is 12. The summed E-state index contributed by atoms with van der Waals surface area (Å²) in [5.74, 6) is -3.99. The van der Waals surface area contributed by atoms with Gasteiger partial charge < -0.3 is 34.1 Å². The average Bonchev–Trinajstić information content (AvgIpc) is 2.79. The van der Waals surface area contributed by atoms with Gasteiger partial charge in [0.15, 0.2) is 29.7 Å². The SMILES string of the molecule is CC(=O)OC[C@@H]1O[C@H](NC(=S)NNC(=O)c2ccccc2O)[C@H](OC(C)=O)[C@@H](OC(C)=O)[C@H]1OC(C)=O. The van der Waals surface area contributed by atoms with Gasteiger partial charge in [0.2, 0.25) is 0 Å². The molecule has 0 aromatic heterocycles. The van der Waals surface area contributed by atoms with E-state index in [1.165, 1.54) is 18.2 Å². The van der Waals surface area contributed by atoms with Crippen LogP contribution in [0.3, 0.4) is 0 Å². The number of aromatic hydroxyl groups is 1. The molecule has 37 heavy (non-hydrogen) atoms. The summed E-state index contributed by atoms with van der Waals surface area (Å²) in [6, 6.07) is 5.78. The van der Waals surface area contributed by atoms with Crippen LogP contribution >= 0.6 is 12.2 Å². The van der Waals surface area contributed by atoms with Crippen LogP contribution in [-0.4, -0.2) is 77.3 Å². The molecule has 15 heteroatoms. The number of para-hydroxylation sites is 1. The number of phenolic OH excluding ortho intramolecular Hbond substituents is 1. The van der Waals surface area contributed by atoms with Gasteiger partial charge in [-0.1, -0.05) is 12.1 Å². The molecule has 1 aliphatic heterocycles. The van der Waals surface area contributed by atoms with Crippen LogP contribution in [0.5, 0.6) is 5.75 Å². The van der Waals surface area contributed by atoms with E-state index in [1.54, 1.807) is 6.07 Å². The number of hydrazine groups is 1. The highest BCUT2D eigenvalue weighted by Gasteiger charge is 2.52. The van der Waals surface area contributed by atoms with Gasteiger partial charge in [-0.3, -0.25) is 34.8 Å². The van der Waals surface area contributed by atoms with Crippen molar-refractivity contribution in [3.8, 4) is 5.75 Å². The van der Waals surface area contributed by atoms with E-state index in [1.807, 2.05) is 0 Å². The zero-order valence-corrected chi connectivity index (χ0v) is 21.2. The Morgan fingerprint density at radius 3 is 2.00 bits per heavy atom. The number of ether oxygens (including phenoxy) is 5. The van der Waals surface area contributed by atoms with Crippen molar-refractivity contribution < 1.29 is 52.8 Å². The largest absolute Gasteiger partial charge is 0.507 e. The Balaban J connectivity index is 2.27. The second-order valence-corrected chi connectivity index (χ2v) is 8.10. The standard InChI is InChI=1S/C22H27N3O11S/c1-10(26)32-9-16-17(33-11(2)27)18(34-12(3)28)19(35-13(4)29)21(36-16)23-22(37)25-24-20(31)14-7-5-6-8-15(14)30/h5-8,16-19,21,30H,9H2,1-4H3,(H,24,31)(H2,23,25,37)/t16-,17-,18-,19+,21-/m0/s1. The van der Waals surface area contributed by atoms with Gasteiger partial charge in [-0.05, 0) is 24.4 Å². The Kier molecular flexibility index (Phi) is 10.6. The average molecular weight is 542 g/mol. The summed E-state index contributed by atoms with van der Waals surface area (Å²) in [5.41, 5.74) is 4.64. The first-order chi connectivity index (χ1) is 17.4. The molecule has 1 aromatic carbocycles. The van der Waals surface area contributed by atoms with Crippen LogP contribution in [0.25, 0.3) is 0 Å². The van der Waals surface area contributed by atoms with Gasteiger partial charge in [0.1, 0.15) is 18.5 Å². The minimum absolute atomic E-state index is 0.0369. The van der Waals surface area contributed by atoms with E-state index in [0.29, 0.717) is 0 Å². The molecular weight excluding hydrogens is 514 g/mol. The number of rotatable bonds is 7. The van der Waals surface area contributed by atoms with Crippen LogP contribution in [0.2, 0.25) is 0 Å². The van der Waals surface area contributed by atoms with Crippen molar-refractivity contribution >= 4 is 47.1 Å². The minimum atomic E-state index is -1.40. The molecule has 0 aliphatic carbocycles. The van der Waals surface area contributed by atoms with Crippen LogP contribution < -0.4 is 16.2 Å². The molecule has 1 saturated heterocycles. The number of phenols is 1. The van der Waals surface area contributed by atoms with Crippen LogP contribution in [0.4, 0.5) is 0 Å². The fourth-order valence-electron chi connectivity index (χ4n) is 3.36. The lowest BCUT2D eigenvalue weighted by molar-refractivity contribution is -0.254. The summed E-state index contributed by atoms with van der Waals surface area (Å²) in [5, 5.41) is 12.2. The van der Waals surface area contributed by atoms with E-state index in [9.17, 15) is 29.1 Å². The Morgan fingerprint density at radius 1 is 0.865 bits per heavy atom. The molecule has 14 nitrogen and oxygen atoms in total. The summed E-state index contributed by atoms with van der Waals surface area (Å²) < 4.78 is 26.7. The third kappa shape index (κ3) is 8.88. The highest BCUT2D eigenvalue weighted by molar-refractivity contribution is 7.80. The maximum Gasteiger partial charge on any atom is 0.303 e. The predicted octanol–water partition coefficient (Wildman–Crippen LogP) is -0.416. The normalized spacial score (nSPS) is 22.5. The topological polar surface area (TPSA) is 188 Å². The number of amides is 1. The van der Waals surface area contributed by atoms with E-state index >= 15 is 0 Å². The molecule has 1 fully saturated rings. The Hall–Kier alpha value is -3.98. The maximum absolute atomic E-state index is 12.3. The number of benzene rings is 1. The summed E-state index contributed by atoms with van der Waals surface area (Å²) >= 11 is 5.17. The first kappa shape index (κ1) is 29.3. The first-order valence-electron chi connectivity index (χ1n) is 10.8. The second kappa shape index (κ2) is 13.4. The smallest absolute Gasteiger partial charge is 0.303 e. The molecule has 0 unspecified atom stereocenters. The van der Waals surface area contributed by atoms with Gasteiger partial charge in [0, 0.05) is 27.7 Å². The van der Waals surface area contributed by atoms with Crippen molar-refractivity contribution in [1.29, 1.82) is 0 Å². The summed E-state index contributed by atoms with van der Waals surface area (Å²) in [6.45, 7) is 4.02. The first-order valence-corrected chi connectivity index (χ1v) is 11.2. The molecule has 4 N–H and O–H groups in total. The summed E-state index contributed by atoms with van der Waals surface area (Å²) in [7, 11) is 0. The number of nitrogens with one attached hydrogen (secondary N) is 3. The van der Waals surface area contributed by atoms with Gasteiger partial charge in [-0.25, -0.2) is 0 Å². The zero-order chi connectivity index (χ0) is 27.7. The number of esters is 4. The molecule has 2 rings (SSSR count). The third-order valence-corrected chi connectivity index (χ3v) is 4.92. The van der Waals surface area contributed by atoms with Gasteiger partial charge >= 0.3 is 23.9 Å². The highest BCUT2D eigenvalue weighted by atomic mass is 32.1. The molecule has 1 amide bonds. The van der Waals surface area contributed by atoms with Crippen molar-refractivity contribution in [2.45, 2.75) is 58.3 Å². The van der Waals surface area contributed by atoms with Crippen molar-refractivity contribution in [2.24, 2.45) is 0 Å². The van der Waals surface area contributed by atoms with Crippen molar-refractivity contribution in [3.05, 3.63) is 29.8 Å². The van der Waals surface area contributed by atoms with E-state index in [0.717, 1.165) is 27.7 Å². The molecule has 0 saturated carbocycles. The third-order valence-electron chi connectivity index (χ3n) is 4.70.